The summed E-state index contributed by atoms with van der Waals surface area (Å²) in [4.78, 5) is 18.7. The first-order valence-electron chi connectivity index (χ1n) is 13.0. The zero-order valence-corrected chi connectivity index (χ0v) is 21.4. The van der Waals surface area contributed by atoms with E-state index in [1.807, 2.05) is 72.5 Å². The Kier molecular flexibility index (Phi) is 8.09. The van der Waals surface area contributed by atoms with Crippen LogP contribution in [0.1, 0.15) is 25.3 Å². The van der Waals surface area contributed by atoms with Crippen LogP contribution in [-0.2, 0) is 9.53 Å². The number of carbonyl (C=O) groups is 1. The lowest BCUT2D eigenvalue weighted by atomic mass is 10.0. The Morgan fingerprint density at radius 2 is 1.87 bits per heavy atom. The molecule has 1 saturated heterocycles. The van der Waals surface area contributed by atoms with E-state index in [1.165, 1.54) is 0 Å². The molecule has 198 valence electrons. The van der Waals surface area contributed by atoms with Crippen molar-refractivity contribution < 1.29 is 28.8 Å². The van der Waals surface area contributed by atoms with Gasteiger partial charge in [-0.3, -0.25) is 4.99 Å². The molecule has 8 heteroatoms. The Labute approximate surface area is 222 Å². The number of carboxylic acid groups (broad SMARTS) is 1. The number of fused-ring (bicyclic) bond motifs is 1. The van der Waals surface area contributed by atoms with Gasteiger partial charge in [0.25, 0.3) is 0 Å². The fourth-order valence-electron chi connectivity index (χ4n) is 4.84. The quantitative estimate of drug-likeness (QED) is 0.488. The van der Waals surface area contributed by atoms with Crippen LogP contribution in [0, 0.1) is 0 Å². The van der Waals surface area contributed by atoms with Gasteiger partial charge >= 0.3 is 5.97 Å². The summed E-state index contributed by atoms with van der Waals surface area (Å²) in [5, 5.41) is 9.98. The van der Waals surface area contributed by atoms with Crippen LogP contribution in [0.25, 0.3) is 5.70 Å². The van der Waals surface area contributed by atoms with Crippen molar-refractivity contribution in [3.05, 3.63) is 83.6 Å². The number of nitrogens with zero attached hydrogens (tertiary/aromatic N) is 2. The molecule has 3 heterocycles. The number of carboxylic acids is 1. The standard InChI is InChI=1S/C30H32N2O6/c1-2-36-25-6-3-5-21(19-25)29-26-20-28(30(33)34)32(27(26)7-4-14-31-29)15-18-37-22-8-10-23(11-9-22)38-24-12-16-35-17-13-24/h3-11,14,19-20,24,27H,2,12-13,15-18H2,1H3,(H,33,34). The third-order valence-corrected chi connectivity index (χ3v) is 6.65. The largest absolute Gasteiger partial charge is 0.494 e. The van der Waals surface area contributed by atoms with Gasteiger partial charge in [0.15, 0.2) is 0 Å². The molecule has 2 aromatic rings. The predicted molar refractivity (Wildman–Crippen MR) is 145 cm³/mol. The number of aliphatic imine (C=N–C) groups is 1. The third-order valence-electron chi connectivity index (χ3n) is 6.65. The van der Waals surface area contributed by atoms with Crippen molar-refractivity contribution >= 4 is 17.9 Å². The van der Waals surface area contributed by atoms with Gasteiger partial charge < -0.3 is 29.0 Å². The summed E-state index contributed by atoms with van der Waals surface area (Å²) in [5.74, 6) is 1.27. The number of allylic oxidation sites excluding steroid dienone is 1. The van der Waals surface area contributed by atoms with Gasteiger partial charge in [0.1, 0.15) is 35.7 Å². The van der Waals surface area contributed by atoms with Crippen molar-refractivity contribution in [2.45, 2.75) is 31.9 Å². The summed E-state index contributed by atoms with van der Waals surface area (Å²) in [6, 6.07) is 15.0. The molecule has 1 N–H and O–H groups in total. The van der Waals surface area contributed by atoms with Crippen molar-refractivity contribution in [1.29, 1.82) is 0 Å². The van der Waals surface area contributed by atoms with E-state index in [4.69, 9.17) is 18.9 Å². The van der Waals surface area contributed by atoms with Crippen molar-refractivity contribution in [3.63, 3.8) is 0 Å². The molecule has 0 aromatic heterocycles. The molecule has 0 radical (unpaired) electrons. The third kappa shape index (κ3) is 5.92. The lowest BCUT2D eigenvalue weighted by Gasteiger charge is -2.27. The van der Waals surface area contributed by atoms with E-state index in [-0.39, 0.29) is 17.8 Å². The highest BCUT2D eigenvalue weighted by molar-refractivity contribution is 5.92. The second kappa shape index (κ2) is 12.0. The Morgan fingerprint density at radius 3 is 2.63 bits per heavy atom. The Morgan fingerprint density at radius 1 is 1.08 bits per heavy atom. The maximum Gasteiger partial charge on any atom is 0.352 e. The van der Waals surface area contributed by atoms with Gasteiger partial charge in [-0.25, -0.2) is 4.79 Å². The van der Waals surface area contributed by atoms with E-state index in [0.29, 0.717) is 25.5 Å². The summed E-state index contributed by atoms with van der Waals surface area (Å²) in [6.45, 7) is 4.67. The summed E-state index contributed by atoms with van der Waals surface area (Å²) >= 11 is 0. The lowest BCUT2D eigenvalue weighted by molar-refractivity contribution is -0.134. The van der Waals surface area contributed by atoms with Crippen LogP contribution in [-0.4, -0.2) is 67.3 Å². The van der Waals surface area contributed by atoms with Crippen LogP contribution in [0.3, 0.4) is 0 Å². The van der Waals surface area contributed by atoms with Crippen molar-refractivity contribution in [2.24, 2.45) is 4.99 Å². The van der Waals surface area contributed by atoms with E-state index in [9.17, 15) is 9.90 Å². The Bertz CT molecular complexity index is 1260. The summed E-state index contributed by atoms with van der Waals surface area (Å²) < 4.78 is 23.1. The molecular formula is C30H32N2O6. The van der Waals surface area contributed by atoms with Crippen molar-refractivity contribution in [1.82, 2.24) is 4.90 Å². The molecule has 3 aliphatic heterocycles. The molecule has 8 nitrogen and oxygen atoms in total. The minimum Gasteiger partial charge on any atom is -0.494 e. The van der Waals surface area contributed by atoms with Gasteiger partial charge in [0.2, 0.25) is 0 Å². The van der Waals surface area contributed by atoms with E-state index in [2.05, 4.69) is 4.99 Å². The minimum atomic E-state index is -0.986. The first-order chi connectivity index (χ1) is 18.6. The van der Waals surface area contributed by atoms with Crippen LogP contribution >= 0.6 is 0 Å². The highest BCUT2D eigenvalue weighted by Crippen LogP contribution is 2.36. The molecule has 0 aliphatic carbocycles. The molecule has 3 aliphatic rings. The summed E-state index contributed by atoms with van der Waals surface area (Å²) in [6.07, 6.45) is 9.24. The fourth-order valence-corrected chi connectivity index (χ4v) is 4.84. The molecule has 1 atom stereocenters. The zero-order valence-electron chi connectivity index (χ0n) is 21.4. The molecule has 38 heavy (non-hydrogen) atoms. The number of hydrogen-bond donors (Lipinski definition) is 1. The van der Waals surface area contributed by atoms with E-state index < -0.39 is 5.97 Å². The van der Waals surface area contributed by atoms with Gasteiger partial charge in [-0.15, -0.1) is 0 Å². The molecule has 0 amide bonds. The maximum atomic E-state index is 12.2. The number of aliphatic carboxylic acids is 1. The van der Waals surface area contributed by atoms with Gasteiger partial charge in [-0.05, 0) is 55.5 Å². The number of rotatable bonds is 10. The molecule has 5 rings (SSSR count). The molecule has 1 fully saturated rings. The van der Waals surface area contributed by atoms with Crippen LogP contribution in [0.2, 0.25) is 0 Å². The SMILES string of the molecule is CCOc1cccc(C2=C3C=C(C(=O)O)N(CCOc4ccc(OC5CCOCC5)cc4)C3C=CC=N2)c1. The predicted octanol–water partition coefficient (Wildman–Crippen LogP) is 4.73. The van der Waals surface area contributed by atoms with E-state index in [1.54, 1.807) is 12.3 Å². The topological polar surface area (TPSA) is 89.8 Å². The lowest BCUT2D eigenvalue weighted by Crippen LogP contribution is -2.35. The molecule has 2 aromatic carbocycles. The fraction of sp³-hybridized carbons (Fsp3) is 0.333. The van der Waals surface area contributed by atoms with Crippen molar-refractivity contribution in [2.75, 3.05) is 33.0 Å². The molecule has 0 spiro atoms. The average molecular weight is 517 g/mol. The van der Waals surface area contributed by atoms with E-state index in [0.717, 1.165) is 54.4 Å². The molecule has 0 saturated carbocycles. The molecule has 0 bridgehead atoms. The van der Waals surface area contributed by atoms with Crippen LogP contribution < -0.4 is 14.2 Å². The zero-order chi connectivity index (χ0) is 26.3. The average Bonchev–Trinajstić information content (AvgIpc) is 3.15. The molecular weight excluding hydrogens is 484 g/mol. The van der Waals surface area contributed by atoms with Crippen molar-refractivity contribution in [3.8, 4) is 17.2 Å². The highest BCUT2D eigenvalue weighted by Gasteiger charge is 2.34. The minimum absolute atomic E-state index is 0.178. The van der Waals surface area contributed by atoms with Crippen LogP contribution in [0.4, 0.5) is 0 Å². The van der Waals surface area contributed by atoms with Gasteiger partial charge in [0, 0.05) is 30.2 Å². The van der Waals surface area contributed by atoms with E-state index >= 15 is 0 Å². The highest BCUT2D eigenvalue weighted by atomic mass is 16.5. The number of benzene rings is 2. The van der Waals surface area contributed by atoms with Gasteiger partial charge in [-0.1, -0.05) is 18.2 Å². The Balaban J connectivity index is 1.28. The normalized spacial score (nSPS) is 19.1. The number of hydrogen-bond acceptors (Lipinski definition) is 7. The number of ether oxygens (including phenoxy) is 4. The second-order valence-electron chi connectivity index (χ2n) is 9.15. The summed E-state index contributed by atoms with van der Waals surface area (Å²) in [5.41, 5.74) is 2.64. The van der Waals surface area contributed by atoms with Gasteiger partial charge in [0.05, 0.1) is 38.1 Å². The van der Waals surface area contributed by atoms with Crippen LogP contribution in [0.15, 0.2) is 83.0 Å². The maximum absolute atomic E-state index is 12.2. The summed E-state index contributed by atoms with van der Waals surface area (Å²) in [7, 11) is 0. The first-order valence-corrected chi connectivity index (χ1v) is 13.0. The van der Waals surface area contributed by atoms with Crippen LogP contribution in [0.5, 0.6) is 17.2 Å². The Hall–Kier alpha value is -4.04. The smallest absolute Gasteiger partial charge is 0.352 e. The second-order valence-corrected chi connectivity index (χ2v) is 9.15. The molecule has 1 unspecified atom stereocenters. The first kappa shape index (κ1) is 25.6. The monoisotopic (exact) mass is 516 g/mol. The van der Waals surface area contributed by atoms with Gasteiger partial charge in [-0.2, -0.15) is 0 Å².